The molecule has 29 heavy (non-hydrogen) atoms. The molecule has 1 amide bonds. The van der Waals surface area contributed by atoms with Crippen molar-refractivity contribution in [2.24, 2.45) is 0 Å². The van der Waals surface area contributed by atoms with Crippen molar-refractivity contribution in [1.82, 2.24) is 4.98 Å². The molecule has 0 saturated heterocycles. The fourth-order valence-corrected chi connectivity index (χ4v) is 3.62. The molecule has 8 heteroatoms. The number of allylic oxidation sites excluding steroid dienone is 1. The van der Waals surface area contributed by atoms with Gasteiger partial charge in [-0.15, -0.1) is 0 Å². The summed E-state index contributed by atoms with van der Waals surface area (Å²) in [6, 6.07) is 15.8. The lowest BCUT2D eigenvalue weighted by Crippen LogP contribution is -2.05. The number of nitro groups is 1. The summed E-state index contributed by atoms with van der Waals surface area (Å²) in [6.07, 6.45) is 1.54. The molecule has 0 aliphatic heterocycles. The van der Waals surface area contributed by atoms with Gasteiger partial charge < -0.3 is 5.32 Å². The third-order valence-electron chi connectivity index (χ3n) is 3.98. The van der Waals surface area contributed by atoms with Gasteiger partial charge in [0.2, 0.25) is 5.91 Å². The van der Waals surface area contributed by atoms with E-state index in [2.05, 4.69) is 16.4 Å². The molecule has 0 saturated carbocycles. The zero-order valence-electron chi connectivity index (χ0n) is 15.7. The number of aryl methyl sites for hydroxylation is 1. The summed E-state index contributed by atoms with van der Waals surface area (Å²) < 4.78 is 0. The van der Waals surface area contributed by atoms with Gasteiger partial charge in [-0.3, -0.25) is 14.9 Å². The third kappa shape index (κ3) is 4.72. The van der Waals surface area contributed by atoms with E-state index >= 15 is 0 Å². The maximum atomic E-state index is 11.6. The molecule has 0 fully saturated rings. The van der Waals surface area contributed by atoms with Crippen LogP contribution < -0.4 is 5.32 Å². The van der Waals surface area contributed by atoms with Gasteiger partial charge >= 0.3 is 0 Å². The van der Waals surface area contributed by atoms with Crippen molar-refractivity contribution in [1.29, 1.82) is 5.26 Å². The Labute approximate surface area is 171 Å². The normalized spacial score (nSPS) is 11.0. The SMILES string of the molecule is CC(=O)Nc1sc(/C(C#N)=C/c2cccc([N+](=O)[O-])c2)nc1-c1ccc(C)cc1. The molecule has 2 aromatic carbocycles. The van der Waals surface area contributed by atoms with Gasteiger partial charge in [-0.25, -0.2) is 4.98 Å². The van der Waals surface area contributed by atoms with Crippen LogP contribution >= 0.6 is 11.3 Å². The Morgan fingerprint density at radius 1 is 1.28 bits per heavy atom. The number of anilines is 1. The second kappa shape index (κ2) is 8.46. The van der Waals surface area contributed by atoms with Gasteiger partial charge in [-0.05, 0) is 18.6 Å². The van der Waals surface area contributed by atoms with E-state index in [-0.39, 0.29) is 17.2 Å². The zero-order valence-corrected chi connectivity index (χ0v) is 16.5. The van der Waals surface area contributed by atoms with Crippen LogP contribution in [-0.4, -0.2) is 15.8 Å². The maximum absolute atomic E-state index is 11.6. The molecule has 1 aromatic heterocycles. The number of nitriles is 1. The number of hydrogen-bond acceptors (Lipinski definition) is 6. The van der Waals surface area contributed by atoms with Crippen LogP contribution in [0.3, 0.4) is 0 Å². The highest BCUT2D eigenvalue weighted by molar-refractivity contribution is 7.17. The number of amides is 1. The number of rotatable bonds is 5. The monoisotopic (exact) mass is 404 g/mol. The minimum Gasteiger partial charge on any atom is -0.316 e. The number of non-ortho nitro benzene ring substituents is 1. The van der Waals surface area contributed by atoms with Crippen LogP contribution in [0, 0.1) is 28.4 Å². The highest BCUT2D eigenvalue weighted by Gasteiger charge is 2.17. The average molecular weight is 404 g/mol. The topological polar surface area (TPSA) is 109 Å². The maximum Gasteiger partial charge on any atom is 0.270 e. The molecule has 0 unspecified atom stereocenters. The van der Waals surface area contributed by atoms with Crippen LogP contribution in [0.15, 0.2) is 48.5 Å². The summed E-state index contributed by atoms with van der Waals surface area (Å²) in [5.74, 6) is -0.241. The van der Waals surface area contributed by atoms with Crippen LogP contribution in [0.5, 0.6) is 0 Å². The second-order valence-corrected chi connectivity index (χ2v) is 7.26. The third-order valence-corrected chi connectivity index (χ3v) is 4.99. The molecule has 3 rings (SSSR count). The van der Waals surface area contributed by atoms with E-state index in [1.54, 1.807) is 18.2 Å². The zero-order chi connectivity index (χ0) is 21.0. The minimum absolute atomic E-state index is 0.0607. The van der Waals surface area contributed by atoms with Gasteiger partial charge in [-0.2, -0.15) is 5.26 Å². The molecule has 3 aromatic rings. The number of aromatic nitrogens is 1. The van der Waals surface area contributed by atoms with Crippen molar-refractivity contribution < 1.29 is 9.72 Å². The smallest absolute Gasteiger partial charge is 0.270 e. The van der Waals surface area contributed by atoms with Gasteiger partial charge in [0.1, 0.15) is 21.8 Å². The molecule has 0 atom stereocenters. The summed E-state index contributed by atoms with van der Waals surface area (Å²) in [5, 5.41) is 24.3. The Morgan fingerprint density at radius 3 is 2.62 bits per heavy atom. The first-order valence-electron chi connectivity index (χ1n) is 8.59. The second-order valence-electron chi connectivity index (χ2n) is 6.27. The largest absolute Gasteiger partial charge is 0.316 e. The van der Waals surface area contributed by atoms with E-state index in [9.17, 15) is 20.2 Å². The predicted molar refractivity (Wildman–Crippen MR) is 113 cm³/mol. The average Bonchev–Trinajstić information content (AvgIpc) is 3.09. The number of carbonyl (C=O) groups is 1. The first-order chi connectivity index (χ1) is 13.9. The Balaban J connectivity index is 2.07. The number of carbonyl (C=O) groups excluding carboxylic acids is 1. The molecule has 0 spiro atoms. The summed E-state index contributed by atoms with van der Waals surface area (Å²) in [6.45, 7) is 3.38. The number of hydrogen-bond donors (Lipinski definition) is 1. The lowest BCUT2D eigenvalue weighted by Gasteiger charge is -2.03. The van der Waals surface area contributed by atoms with E-state index in [0.717, 1.165) is 11.1 Å². The summed E-state index contributed by atoms with van der Waals surface area (Å²) in [5.41, 5.74) is 3.18. The van der Waals surface area contributed by atoms with Gasteiger partial charge in [0.25, 0.3) is 5.69 Å². The summed E-state index contributed by atoms with van der Waals surface area (Å²) in [7, 11) is 0. The Kier molecular flexibility index (Phi) is 5.81. The standard InChI is InChI=1S/C21H16N4O3S/c1-13-6-8-16(9-7-13)19-21(23-14(2)26)29-20(24-19)17(12-22)10-15-4-3-5-18(11-15)25(27)28/h3-11H,1-2H3,(H,23,26)/b17-10+. The van der Waals surface area contributed by atoms with E-state index in [0.29, 0.717) is 21.3 Å². The van der Waals surface area contributed by atoms with Gasteiger partial charge in [0, 0.05) is 24.6 Å². The molecule has 1 heterocycles. The fraction of sp³-hybridized carbons (Fsp3) is 0.0952. The first-order valence-corrected chi connectivity index (χ1v) is 9.41. The molecule has 0 radical (unpaired) electrons. The summed E-state index contributed by atoms with van der Waals surface area (Å²) >= 11 is 1.18. The van der Waals surface area contributed by atoms with Crippen molar-refractivity contribution in [3.63, 3.8) is 0 Å². The highest BCUT2D eigenvalue weighted by Crippen LogP contribution is 2.36. The molecule has 0 aliphatic carbocycles. The lowest BCUT2D eigenvalue weighted by molar-refractivity contribution is -0.384. The number of nitrogens with one attached hydrogen (secondary N) is 1. The van der Waals surface area contributed by atoms with Crippen molar-refractivity contribution in [2.45, 2.75) is 13.8 Å². The van der Waals surface area contributed by atoms with Crippen LogP contribution in [0.2, 0.25) is 0 Å². The van der Waals surface area contributed by atoms with Crippen LogP contribution in [0.4, 0.5) is 10.7 Å². The predicted octanol–water partition coefficient (Wildman–Crippen LogP) is 5.05. The quantitative estimate of drug-likeness (QED) is 0.364. The van der Waals surface area contributed by atoms with E-state index in [1.165, 1.54) is 30.4 Å². The molecule has 0 bridgehead atoms. The van der Waals surface area contributed by atoms with E-state index in [1.807, 2.05) is 31.2 Å². The Bertz CT molecular complexity index is 1160. The van der Waals surface area contributed by atoms with Crippen LogP contribution in [0.1, 0.15) is 23.1 Å². The van der Waals surface area contributed by atoms with Crippen molar-refractivity contribution in [3.05, 3.63) is 74.8 Å². The molecule has 7 nitrogen and oxygen atoms in total. The van der Waals surface area contributed by atoms with Gasteiger partial charge in [0.15, 0.2) is 0 Å². The number of thiazole rings is 1. The number of benzene rings is 2. The minimum atomic E-state index is -0.489. The van der Waals surface area contributed by atoms with Crippen molar-refractivity contribution in [2.75, 3.05) is 5.32 Å². The molecule has 1 N–H and O–H groups in total. The Morgan fingerprint density at radius 2 is 2.00 bits per heavy atom. The number of nitrogens with zero attached hydrogens (tertiary/aromatic N) is 3. The van der Waals surface area contributed by atoms with E-state index in [4.69, 9.17) is 0 Å². The van der Waals surface area contributed by atoms with Crippen molar-refractivity contribution >= 4 is 39.6 Å². The molecule has 144 valence electrons. The fourth-order valence-electron chi connectivity index (χ4n) is 2.62. The van der Waals surface area contributed by atoms with Gasteiger partial charge in [-0.1, -0.05) is 53.3 Å². The van der Waals surface area contributed by atoms with Crippen LogP contribution in [0.25, 0.3) is 22.9 Å². The molecular weight excluding hydrogens is 388 g/mol. The molecule has 0 aliphatic rings. The Hall–Kier alpha value is -3.83. The highest BCUT2D eigenvalue weighted by atomic mass is 32.1. The molecular formula is C21H16N4O3S. The summed E-state index contributed by atoms with van der Waals surface area (Å²) in [4.78, 5) is 26.7. The van der Waals surface area contributed by atoms with Gasteiger partial charge in [0.05, 0.1) is 10.5 Å². The lowest BCUT2D eigenvalue weighted by atomic mass is 10.1. The van der Waals surface area contributed by atoms with Crippen LogP contribution in [-0.2, 0) is 4.79 Å². The van der Waals surface area contributed by atoms with E-state index < -0.39 is 4.92 Å². The first kappa shape index (κ1) is 19.9. The number of nitro benzene ring substituents is 1. The van der Waals surface area contributed by atoms with Crippen molar-refractivity contribution in [3.8, 4) is 17.3 Å².